The van der Waals surface area contributed by atoms with Crippen LogP contribution in [0.1, 0.15) is 37.2 Å². The lowest BCUT2D eigenvalue weighted by Gasteiger charge is -2.27. The summed E-state index contributed by atoms with van der Waals surface area (Å²) in [5, 5.41) is 6.79. The number of nitrogens with one attached hydrogen (secondary N) is 1. The van der Waals surface area contributed by atoms with Crippen molar-refractivity contribution in [2.75, 3.05) is 0 Å². The largest absolute Gasteiger partial charge is 0.457 e. The van der Waals surface area contributed by atoms with E-state index in [4.69, 9.17) is 4.74 Å². The zero-order valence-electron chi connectivity index (χ0n) is 15.8. The van der Waals surface area contributed by atoms with Gasteiger partial charge < -0.3 is 10.1 Å². The van der Waals surface area contributed by atoms with Gasteiger partial charge in [-0.1, -0.05) is 36.4 Å². The van der Waals surface area contributed by atoms with Crippen molar-refractivity contribution in [2.45, 2.75) is 12.5 Å². The molecule has 6 heteroatoms. The normalized spacial score (nSPS) is 12.5. The van der Waals surface area contributed by atoms with Crippen molar-refractivity contribution in [1.82, 2.24) is 5.32 Å². The van der Waals surface area contributed by atoms with Crippen LogP contribution < -0.4 is 10.1 Å². The smallest absolute Gasteiger partial charge is 0.232 e. The number of carbonyl (C=O) groups is 2. The van der Waals surface area contributed by atoms with E-state index >= 15 is 0 Å². The summed E-state index contributed by atoms with van der Waals surface area (Å²) in [6.45, 7) is 0.377. The average Bonchev–Trinajstić information content (AvgIpc) is 3.48. The van der Waals surface area contributed by atoms with Crippen LogP contribution in [-0.4, -0.2) is 11.7 Å². The second kappa shape index (κ2) is 7.89. The van der Waals surface area contributed by atoms with Gasteiger partial charge in [-0.15, -0.1) is 11.3 Å². The fourth-order valence-electron chi connectivity index (χ4n) is 3.60. The molecular formula is C24H17NO3S2. The second-order valence-corrected chi connectivity index (χ2v) is 8.88. The van der Waals surface area contributed by atoms with Gasteiger partial charge in [0.2, 0.25) is 11.7 Å². The molecule has 0 saturated heterocycles. The summed E-state index contributed by atoms with van der Waals surface area (Å²) in [6, 6.07) is 20.8. The Morgan fingerprint density at radius 1 is 0.900 bits per heavy atom. The van der Waals surface area contributed by atoms with Crippen LogP contribution in [0.2, 0.25) is 0 Å². The van der Waals surface area contributed by atoms with E-state index in [0.717, 1.165) is 16.0 Å². The third-order valence-corrected chi connectivity index (χ3v) is 6.82. The molecule has 0 unspecified atom stereocenters. The van der Waals surface area contributed by atoms with Crippen molar-refractivity contribution in [3.63, 3.8) is 0 Å². The highest BCUT2D eigenvalue weighted by molar-refractivity contribution is 7.14. The predicted octanol–water partition coefficient (Wildman–Crippen LogP) is 5.59. The van der Waals surface area contributed by atoms with Gasteiger partial charge in [-0.3, -0.25) is 9.59 Å². The minimum Gasteiger partial charge on any atom is -0.457 e. The molecule has 1 aliphatic rings. The monoisotopic (exact) mass is 431 g/mol. The molecule has 4 nitrogen and oxygen atoms in total. The van der Waals surface area contributed by atoms with E-state index in [0.29, 0.717) is 28.5 Å². The first kappa shape index (κ1) is 18.8. The molecule has 1 N–H and O–H groups in total. The Morgan fingerprint density at radius 2 is 1.60 bits per heavy atom. The Labute approximate surface area is 181 Å². The number of thiophene rings is 2. The van der Waals surface area contributed by atoms with Gasteiger partial charge in [0.05, 0.1) is 17.3 Å². The molecule has 5 rings (SSSR count). The molecule has 30 heavy (non-hydrogen) atoms. The van der Waals surface area contributed by atoms with Crippen molar-refractivity contribution in [3.8, 4) is 11.5 Å². The third kappa shape index (κ3) is 3.44. The number of hydrogen-bond acceptors (Lipinski definition) is 5. The Balaban J connectivity index is 1.35. The van der Waals surface area contributed by atoms with Crippen LogP contribution >= 0.6 is 22.7 Å². The maximum atomic E-state index is 13.2. The van der Waals surface area contributed by atoms with Gasteiger partial charge in [-0.05, 0) is 35.7 Å². The third-order valence-electron chi connectivity index (χ3n) is 5.05. The first-order chi connectivity index (χ1) is 14.7. The lowest BCUT2D eigenvalue weighted by molar-refractivity contribution is -0.122. The number of amides is 1. The standard InChI is InChI=1S/C24H17NO3S2/c26-23(15-11-12-29-14-15)21-10-9-16(30-21)13-25-24(27)22-17-5-1-3-7-19(17)28-20-8-4-2-6-18(20)22/h1-12,14,22H,13H2,(H,25,27). The molecule has 3 heterocycles. The van der Waals surface area contributed by atoms with Gasteiger partial charge in [0.1, 0.15) is 11.5 Å². The van der Waals surface area contributed by atoms with E-state index in [1.807, 2.05) is 77.5 Å². The molecular weight excluding hydrogens is 414 g/mol. The van der Waals surface area contributed by atoms with Crippen LogP contribution in [0.25, 0.3) is 0 Å². The Bertz CT molecular complexity index is 1180. The number of ketones is 1. The highest BCUT2D eigenvalue weighted by atomic mass is 32.1. The lowest BCUT2D eigenvalue weighted by Crippen LogP contribution is -2.31. The van der Waals surface area contributed by atoms with Crippen molar-refractivity contribution in [1.29, 1.82) is 0 Å². The topological polar surface area (TPSA) is 55.4 Å². The number of rotatable bonds is 5. The fraction of sp³-hybridized carbons (Fsp3) is 0.0833. The summed E-state index contributed by atoms with van der Waals surface area (Å²) < 4.78 is 5.97. The molecule has 4 aromatic rings. The lowest BCUT2D eigenvalue weighted by atomic mass is 9.87. The van der Waals surface area contributed by atoms with Crippen molar-refractivity contribution < 1.29 is 14.3 Å². The summed E-state index contributed by atoms with van der Waals surface area (Å²) >= 11 is 2.92. The molecule has 1 amide bonds. The van der Waals surface area contributed by atoms with Gasteiger partial charge in [0.25, 0.3) is 0 Å². The number of hydrogen-bond donors (Lipinski definition) is 1. The zero-order valence-corrected chi connectivity index (χ0v) is 17.5. The van der Waals surface area contributed by atoms with E-state index in [9.17, 15) is 9.59 Å². The number of carbonyl (C=O) groups excluding carboxylic acids is 2. The molecule has 148 valence electrons. The van der Waals surface area contributed by atoms with Gasteiger partial charge in [0.15, 0.2) is 0 Å². The molecule has 1 aliphatic heterocycles. The Kier molecular flexibility index (Phi) is 4.94. The summed E-state index contributed by atoms with van der Waals surface area (Å²) in [4.78, 5) is 27.3. The van der Waals surface area contributed by atoms with Crippen molar-refractivity contribution >= 4 is 34.4 Å². The van der Waals surface area contributed by atoms with Crippen molar-refractivity contribution in [2.24, 2.45) is 0 Å². The molecule has 0 bridgehead atoms. The Hall–Kier alpha value is -3.22. The van der Waals surface area contributed by atoms with Crippen LogP contribution in [0.15, 0.2) is 77.5 Å². The summed E-state index contributed by atoms with van der Waals surface area (Å²) in [6.07, 6.45) is 0. The van der Waals surface area contributed by atoms with Crippen LogP contribution in [0.4, 0.5) is 0 Å². The van der Waals surface area contributed by atoms with Crippen LogP contribution in [0, 0.1) is 0 Å². The molecule has 2 aromatic heterocycles. The highest BCUT2D eigenvalue weighted by Gasteiger charge is 2.32. The number of ether oxygens (including phenoxy) is 1. The number of benzene rings is 2. The van der Waals surface area contributed by atoms with Gasteiger partial charge in [-0.2, -0.15) is 11.3 Å². The van der Waals surface area contributed by atoms with E-state index in [1.54, 1.807) is 0 Å². The van der Waals surface area contributed by atoms with Crippen LogP contribution in [-0.2, 0) is 11.3 Å². The number of para-hydroxylation sites is 2. The molecule has 0 saturated carbocycles. The summed E-state index contributed by atoms with van der Waals surface area (Å²) in [7, 11) is 0. The highest BCUT2D eigenvalue weighted by Crippen LogP contribution is 2.43. The van der Waals surface area contributed by atoms with E-state index in [2.05, 4.69) is 5.32 Å². The predicted molar refractivity (Wildman–Crippen MR) is 119 cm³/mol. The fourth-order valence-corrected chi connectivity index (χ4v) is 5.15. The molecule has 0 radical (unpaired) electrons. The maximum absolute atomic E-state index is 13.2. The molecule has 0 aliphatic carbocycles. The van der Waals surface area contributed by atoms with Crippen molar-refractivity contribution in [3.05, 3.63) is 104 Å². The molecule has 0 atom stereocenters. The first-order valence-electron chi connectivity index (χ1n) is 9.50. The van der Waals surface area contributed by atoms with Gasteiger partial charge >= 0.3 is 0 Å². The van der Waals surface area contributed by atoms with E-state index in [-0.39, 0.29) is 11.7 Å². The minimum atomic E-state index is -0.432. The molecule has 2 aromatic carbocycles. The van der Waals surface area contributed by atoms with Gasteiger partial charge in [-0.25, -0.2) is 0 Å². The Morgan fingerprint density at radius 3 is 2.27 bits per heavy atom. The summed E-state index contributed by atoms with van der Waals surface area (Å²) in [5.41, 5.74) is 2.41. The van der Waals surface area contributed by atoms with E-state index in [1.165, 1.54) is 22.7 Å². The minimum absolute atomic E-state index is 0.0195. The molecule has 0 fully saturated rings. The maximum Gasteiger partial charge on any atom is 0.232 e. The van der Waals surface area contributed by atoms with Gasteiger partial charge in [0, 0.05) is 26.9 Å². The first-order valence-corrected chi connectivity index (χ1v) is 11.3. The second-order valence-electron chi connectivity index (χ2n) is 6.94. The zero-order chi connectivity index (χ0) is 20.5. The average molecular weight is 432 g/mol. The van der Waals surface area contributed by atoms with E-state index < -0.39 is 5.92 Å². The van der Waals surface area contributed by atoms with Crippen LogP contribution in [0.5, 0.6) is 11.5 Å². The summed E-state index contributed by atoms with van der Waals surface area (Å²) in [5.74, 6) is 0.911. The SMILES string of the molecule is O=C(c1ccsc1)c1ccc(CNC(=O)C2c3ccccc3Oc3ccccc32)s1. The van der Waals surface area contributed by atoms with Crippen LogP contribution in [0.3, 0.4) is 0 Å². The molecule has 0 spiro atoms. The quantitative estimate of drug-likeness (QED) is 0.419. The number of fused-ring (bicyclic) bond motifs is 2.